The lowest BCUT2D eigenvalue weighted by Crippen LogP contribution is -2.49. The van der Waals surface area contributed by atoms with E-state index in [9.17, 15) is 16.8 Å². The molecule has 0 spiro atoms. The monoisotopic (exact) mass is 326 g/mol. The van der Waals surface area contributed by atoms with E-state index in [1.807, 2.05) is 0 Å². The van der Waals surface area contributed by atoms with Gasteiger partial charge >= 0.3 is 0 Å². The van der Waals surface area contributed by atoms with Crippen LogP contribution >= 0.6 is 11.8 Å². The molecule has 1 saturated heterocycles. The summed E-state index contributed by atoms with van der Waals surface area (Å²) in [5.74, 6) is 0.671. The number of hydrogen-bond donors (Lipinski definition) is 2. The zero-order valence-electron chi connectivity index (χ0n) is 10.1. The number of sulfonamides is 1. The Morgan fingerprint density at radius 3 is 2.68 bits per heavy atom. The van der Waals surface area contributed by atoms with Crippen LogP contribution in [0, 0.1) is 0 Å². The minimum atomic E-state index is -3.96. The van der Waals surface area contributed by atoms with E-state index in [1.165, 1.54) is 11.8 Å². The summed E-state index contributed by atoms with van der Waals surface area (Å²) in [7, 11) is -7.47. The number of sulfone groups is 1. The van der Waals surface area contributed by atoms with Crippen LogP contribution in [0.3, 0.4) is 0 Å². The van der Waals surface area contributed by atoms with Gasteiger partial charge in [-0.2, -0.15) is 21.2 Å². The molecule has 0 amide bonds. The predicted octanol–water partition coefficient (Wildman–Crippen LogP) is -0.900. The molecule has 1 aliphatic rings. The van der Waals surface area contributed by atoms with Crippen LogP contribution in [-0.2, 0) is 19.9 Å². The highest BCUT2D eigenvalue weighted by atomic mass is 32.2. The number of nitrogens with zero attached hydrogens (tertiary/aromatic N) is 2. The fourth-order valence-electron chi connectivity index (χ4n) is 1.79. The lowest BCUT2D eigenvalue weighted by atomic mass is 10.6. The van der Waals surface area contributed by atoms with Gasteiger partial charge in [-0.15, -0.1) is 0 Å². The van der Waals surface area contributed by atoms with E-state index in [4.69, 9.17) is 5.73 Å². The maximum Gasteiger partial charge on any atom is 0.249 e. The van der Waals surface area contributed by atoms with Crippen LogP contribution in [0.25, 0.3) is 0 Å². The van der Waals surface area contributed by atoms with Crippen LogP contribution in [-0.4, -0.2) is 61.0 Å². The Bertz CT molecular complexity index is 666. The molecule has 1 aromatic heterocycles. The first kappa shape index (κ1) is 14.6. The Hall–Kier alpha value is -0.780. The Balaban J connectivity index is 2.46. The fourth-order valence-corrected chi connectivity index (χ4v) is 6.98. The fraction of sp³-hybridized carbons (Fsp3) is 0.625. The molecule has 1 fully saturated rings. The number of rotatable bonds is 3. The highest BCUT2D eigenvalue weighted by Crippen LogP contribution is 2.28. The Morgan fingerprint density at radius 2 is 2.16 bits per heavy atom. The van der Waals surface area contributed by atoms with Crippen molar-refractivity contribution >= 4 is 37.4 Å². The quantitative estimate of drug-likeness (QED) is 0.737. The molecule has 1 unspecified atom stereocenters. The van der Waals surface area contributed by atoms with Gasteiger partial charge in [0.2, 0.25) is 10.0 Å². The molecule has 1 aromatic rings. The van der Waals surface area contributed by atoms with E-state index in [2.05, 4.69) is 10.2 Å². The van der Waals surface area contributed by atoms with Crippen molar-refractivity contribution in [2.45, 2.75) is 10.3 Å². The molecule has 1 atom stereocenters. The summed E-state index contributed by atoms with van der Waals surface area (Å²) in [4.78, 5) is -0.187. The van der Waals surface area contributed by atoms with Crippen molar-refractivity contribution in [3.8, 4) is 0 Å². The van der Waals surface area contributed by atoms with Gasteiger partial charge in [0.05, 0.1) is 6.20 Å². The molecule has 0 aromatic carbocycles. The van der Waals surface area contributed by atoms with Crippen molar-refractivity contribution in [3.05, 3.63) is 6.20 Å². The van der Waals surface area contributed by atoms with Gasteiger partial charge in [-0.05, 0) is 0 Å². The standard InChI is InChI=1S/C8H14N4O4S3/c1-18(13,14)7-5-17-3-2-12(7)19(15,16)6-4-10-11-8(6)9/h4,7H,2-3,5H2,1H3,(H3,9,10,11). The summed E-state index contributed by atoms with van der Waals surface area (Å²) >= 11 is 1.41. The molecule has 0 aliphatic carbocycles. The van der Waals surface area contributed by atoms with Crippen molar-refractivity contribution in [3.63, 3.8) is 0 Å². The highest BCUT2D eigenvalue weighted by molar-refractivity contribution is 8.01. The van der Waals surface area contributed by atoms with Gasteiger partial charge in [0, 0.05) is 24.3 Å². The number of aromatic nitrogens is 2. The van der Waals surface area contributed by atoms with Gasteiger partial charge in [0.1, 0.15) is 16.1 Å². The lowest BCUT2D eigenvalue weighted by Gasteiger charge is -2.32. The second kappa shape index (κ2) is 4.96. The first-order chi connectivity index (χ1) is 8.74. The molecule has 2 heterocycles. The largest absolute Gasteiger partial charge is 0.383 e. The van der Waals surface area contributed by atoms with Crippen molar-refractivity contribution in [2.24, 2.45) is 0 Å². The minimum absolute atomic E-state index is 0.0922. The summed E-state index contributed by atoms with van der Waals surface area (Å²) in [6, 6.07) is 0. The third-order valence-corrected chi connectivity index (χ3v) is 7.46. The van der Waals surface area contributed by atoms with E-state index in [0.29, 0.717) is 5.75 Å². The Kier molecular flexibility index (Phi) is 3.82. The lowest BCUT2D eigenvalue weighted by molar-refractivity contribution is 0.405. The third-order valence-electron chi connectivity index (χ3n) is 2.75. The zero-order valence-corrected chi connectivity index (χ0v) is 12.6. The highest BCUT2D eigenvalue weighted by Gasteiger charge is 2.40. The van der Waals surface area contributed by atoms with E-state index in [0.717, 1.165) is 16.8 Å². The number of H-pyrrole nitrogens is 1. The first-order valence-corrected chi connectivity index (χ1v) is 9.87. The molecule has 0 bridgehead atoms. The smallest absolute Gasteiger partial charge is 0.249 e. The van der Waals surface area contributed by atoms with Crippen LogP contribution in [0.5, 0.6) is 0 Å². The molecule has 11 heteroatoms. The van der Waals surface area contributed by atoms with Gasteiger partial charge in [0.25, 0.3) is 0 Å². The molecule has 108 valence electrons. The molecule has 8 nitrogen and oxygen atoms in total. The molecule has 1 aliphatic heterocycles. The number of nitrogens with one attached hydrogen (secondary N) is 1. The van der Waals surface area contributed by atoms with Crippen LogP contribution in [0.2, 0.25) is 0 Å². The summed E-state index contributed by atoms with van der Waals surface area (Å²) in [6.07, 6.45) is 2.12. The number of aromatic amines is 1. The van der Waals surface area contributed by atoms with Crippen LogP contribution in [0.4, 0.5) is 5.82 Å². The van der Waals surface area contributed by atoms with Crippen molar-refractivity contribution in [1.82, 2.24) is 14.5 Å². The molecular weight excluding hydrogens is 312 g/mol. The van der Waals surface area contributed by atoms with Crippen LogP contribution < -0.4 is 5.73 Å². The van der Waals surface area contributed by atoms with Gasteiger partial charge < -0.3 is 5.73 Å². The summed E-state index contributed by atoms with van der Waals surface area (Å²) in [5.41, 5.74) is 5.51. The molecule has 3 N–H and O–H groups in total. The van der Waals surface area contributed by atoms with E-state index in [-0.39, 0.29) is 23.0 Å². The van der Waals surface area contributed by atoms with E-state index < -0.39 is 25.2 Å². The number of anilines is 1. The summed E-state index contributed by atoms with van der Waals surface area (Å²) < 4.78 is 49.3. The number of nitrogens with two attached hydrogens (primary N) is 1. The minimum Gasteiger partial charge on any atom is -0.383 e. The normalized spacial score (nSPS) is 22.5. The maximum absolute atomic E-state index is 12.4. The number of nitrogen functional groups attached to an aromatic ring is 1. The van der Waals surface area contributed by atoms with Gasteiger partial charge in [-0.25, -0.2) is 16.8 Å². The number of thioether (sulfide) groups is 1. The van der Waals surface area contributed by atoms with Crippen molar-refractivity contribution < 1.29 is 16.8 Å². The van der Waals surface area contributed by atoms with Crippen LogP contribution in [0.15, 0.2) is 11.1 Å². The Morgan fingerprint density at radius 1 is 1.47 bits per heavy atom. The van der Waals surface area contributed by atoms with E-state index in [1.54, 1.807) is 0 Å². The molecule has 19 heavy (non-hydrogen) atoms. The van der Waals surface area contributed by atoms with Gasteiger partial charge in [-0.1, -0.05) is 0 Å². The zero-order chi connectivity index (χ0) is 14.3. The summed E-state index contributed by atoms with van der Waals surface area (Å²) in [5, 5.41) is 4.83. The molecule has 2 rings (SSSR count). The topological polar surface area (TPSA) is 126 Å². The van der Waals surface area contributed by atoms with Crippen molar-refractivity contribution in [1.29, 1.82) is 0 Å². The second-order valence-corrected chi connectivity index (χ2v) is 9.33. The second-order valence-electron chi connectivity index (χ2n) is 4.12. The average molecular weight is 326 g/mol. The number of hydrogen-bond acceptors (Lipinski definition) is 7. The van der Waals surface area contributed by atoms with Crippen LogP contribution in [0.1, 0.15) is 0 Å². The molecule has 0 radical (unpaired) electrons. The van der Waals surface area contributed by atoms with Gasteiger partial charge in [0.15, 0.2) is 9.84 Å². The predicted molar refractivity (Wildman–Crippen MR) is 72.8 cm³/mol. The average Bonchev–Trinajstić information content (AvgIpc) is 2.75. The van der Waals surface area contributed by atoms with E-state index >= 15 is 0 Å². The SMILES string of the molecule is CS(=O)(=O)C1CSCCN1S(=O)(=O)c1cn[nH]c1N. The van der Waals surface area contributed by atoms with Crippen molar-refractivity contribution in [2.75, 3.05) is 30.0 Å². The molecule has 0 saturated carbocycles. The van der Waals surface area contributed by atoms with Gasteiger partial charge in [-0.3, -0.25) is 5.10 Å². The summed E-state index contributed by atoms with van der Waals surface area (Å²) in [6.45, 7) is 0.134. The molecular formula is C8H14N4O4S3. The first-order valence-electron chi connectivity index (χ1n) is 5.32. The third kappa shape index (κ3) is 2.73. The Labute approximate surface area is 115 Å². The maximum atomic E-state index is 12.4.